The highest BCUT2D eigenvalue weighted by Crippen LogP contribution is 2.02. The van der Waals surface area contributed by atoms with E-state index in [1.807, 2.05) is 0 Å². The van der Waals surface area contributed by atoms with Gasteiger partial charge >= 0.3 is 12.1 Å². The first-order valence-electron chi connectivity index (χ1n) is 4.64. The summed E-state index contributed by atoms with van der Waals surface area (Å²) in [5, 5.41) is 11.5. The van der Waals surface area contributed by atoms with Gasteiger partial charge in [-0.15, -0.1) is 0 Å². The Hall–Kier alpha value is -1.56. The lowest BCUT2D eigenvalue weighted by atomic mass is 10.2. The van der Waals surface area contributed by atoms with Gasteiger partial charge in [-0.2, -0.15) is 0 Å². The van der Waals surface area contributed by atoms with Gasteiger partial charge in [0.15, 0.2) is 0 Å². The molecule has 1 unspecified atom stereocenters. The minimum Gasteiger partial charge on any atom is -0.480 e. The Balaban J connectivity index is 2.44. The van der Waals surface area contributed by atoms with Crippen molar-refractivity contribution in [3.63, 3.8) is 0 Å². The number of carbonyl (C=O) groups is 2. The number of piperazine rings is 1. The third-order valence-corrected chi connectivity index (χ3v) is 2.06. The average Bonchev–Trinajstić information content (AvgIpc) is 2.26. The molecule has 0 aromatic carbocycles. The van der Waals surface area contributed by atoms with Crippen LogP contribution in [0.4, 0.5) is 4.79 Å². The molecule has 84 valence electrons. The number of rotatable bonds is 3. The molecule has 15 heavy (non-hydrogen) atoms. The number of nitrogens with zero attached hydrogens (tertiary/aromatic N) is 1. The van der Waals surface area contributed by atoms with Crippen molar-refractivity contribution < 1.29 is 19.4 Å². The Morgan fingerprint density at radius 3 is 3.00 bits per heavy atom. The number of carboxylic acids is 1. The van der Waals surface area contributed by atoms with Crippen molar-refractivity contribution in [1.29, 1.82) is 0 Å². The van der Waals surface area contributed by atoms with E-state index in [1.54, 1.807) is 0 Å². The van der Waals surface area contributed by atoms with E-state index < -0.39 is 18.1 Å². The third-order valence-electron chi connectivity index (χ3n) is 2.06. The number of hydrogen-bond acceptors (Lipinski definition) is 4. The standard InChI is InChI=1S/C9H14N2O4/c1-2-5-15-9(14)11-4-3-10-7(6-11)8(12)13/h2,7,10H,1,3-6H2,(H,12,13). The number of carbonyl (C=O) groups excluding carboxylic acids is 1. The first-order valence-corrected chi connectivity index (χ1v) is 4.64. The van der Waals surface area contributed by atoms with Gasteiger partial charge in [0.2, 0.25) is 0 Å². The molecule has 0 radical (unpaired) electrons. The highest BCUT2D eigenvalue weighted by Gasteiger charge is 2.28. The number of amides is 1. The largest absolute Gasteiger partial charge is 0.480 e. The Morgan fingerprint density at radius 2 is 2.40 bits per heavy atom. The van der Waals surface area contributed by atoms with Gasteiger partial charge in [0.1, 0.15) is 12.6 Å². The molecule has 0 bridgehead atoms. The van der Waals surface area contributed by atoms with Gasteiger partial charge < -0.3 is 20.1 Å². The average molecular weight is 214 g/mol. The second-order valence-corrected chi connectivity index (χ2v) is 3.16. The van der Waals surface area contributed by atoms with Gasteiger partial charge in [-0.3, -0.25) is 4.79 Å². The number of ether oxygens (including phenoxy) is 1. The number of aliphatic carboxylic acids is 1. The zero-order valence-electron chi connectivity index (χ0n) is 8.31. The predicted octanol–water partition coefficient (Wildman–Crippen LogP) is -0.333. The van der Waals surface area contributed by atoms with Crippen molar-refractivity contribution in [3.05, 3.63) is 12.7 Å². The molecule has 1 atom stereocenters. The summed E-state index contributed by atoms with van der Waals surface area (Å²) in [6.45, 7) is 4.60. The summed E-state index contributed by atoms with van der Waals surface area (Å²) < 4.78 is 4.81. The van der Waals surface area contributed by atoms with E-state index in [2.05, 4.69) is 11.9 Å². The van der Waals surface area contributed by atoms with Gasteiger partial charge in [-0.25, -0.2) is 4.79 Å². The molecule has 1 rings (SSSR count). The Morgan fingerprint density at radius 1 is 1.67 bits per heavy atom. The Kier molecular flexibility index (Phi) is 4.11. The van der Waals surface area contributed by atoms with E-state index in [0.717, 1.165) is 0 Å². The molecule has 0 aromatic heterocycles. The summed E-state index contributed by atoms with van der Waals surface area (Å²) in [6.07, 6.45) is 0.969. The summed E-state index contributed by atoms with van der Waals surface area (Å²) >= 11 is 0. The molecular formula is C9H14N2O4. The quantitative estimate of drug-likeness (QED) is 0.629. The van der Waals surface area contributed by atoms with Gasteiger partial charge in [-0.05, 0) is 0 Å². The summed E-state index contributed by atoms with van der Waals surface area (Å²) in [5.41, 5.74) is 0. The van der Waals surface area contributed by atoms with Crippen LogP contribution in [0.2, 0.25) is 0 Å². The van der Waals surface area contributed by atoms with E-state index in [1.165, 1.54) is 11.0 Å². The fourth-order valence-corrected chi connectivity index (χ4v) is 1.30. The number of carboxylic acid groups (broad SMARTS) is 1. The molecule has 2 N–H and O–H groups in total. The lowest BCUT2D eigenvalue weighted by molar-refractivity contribution is -0.140. The van der Waals surface area contributed by atoms with Crippen LogP contribution in [0.5, 0.6) is 0 Å². The normalized spacial score (nSPS) is 20.8. The highest BCUT2D eigenvalue weighted by molar-refractivity contribution is 5.76. The maximum atomic E-state index is 11.4. The molecule has 0 aromatic rings. The molecule has 1 saturated heterocycles. The van der Waals surface area contributed by atoms with Gasteiger partial charge in [0, 0.05) is 13.1 Å². The fraction of sp³-hybridized carbons (Fsp3) is 0.556. The lowest BCUT2D eigenvalue weighted by Crippen LogP contribution is -2.55. The zero-order valence-corrected chi connectivity index (χ0v) is 8.31. The molecular weight excluding hydrogens is 200 g/mol. The van der Waals surface area contributed by atoms with Crippen molar-refractivity contribution in [2.45, 2.75) is 6.04 Å². The molecule has 1 fully saturated rings. The summed E-state index contributed by atoms with van der Waals surface area (Å²) in [6, 6.07) is -0.713. The summed E-state index contributed by atoms with van der Waals surface area (Å²) in [7, 11) is 0. The van der Waals surface area contributed by atoms with Crippen LogP contribution in [0, 0.1) is 0 Å². The monoisotopic (exact) mass is 214 g/mol. The van der Waals surface area contributed by atoms with Crippen LogP contribution in [0.3, 0.4) is 0 Å². The molecule has 0 spiro atoms. The first kappa shape index (κ1) is 11.5. The van der Waals surface area contributed by atoms with E-state index in [4.69, 9.17) is 9.84 Å². The molecule has 1 heterocycles. The lowest BCUT2D eigenvalue weighted by Gasteiger charge is -2.30. The van der Waals surface area contributed by atoms with E-state index in [-0.39, 0.29) is 13.2 Å². The van der Waals surface area contributed by atoms with Crippen LogP contribution in [0.15, 0.2) is 12.7 Å². The number of hydrogen-bond donors (Lipinski definition) is 2. The van der Waals surface area contributed by atoms with Gasteiger partial charge in [0.05, 0.1) is 6.54 Å². The van der Waals surface area contributed by atoms with E-state index >= 15 is 0 Å². The molecule has 0 aliphatic carbocycles. The zero-order chi connectivity index (χ0) is 11.3. The van der Waals surface area contributed by atoms with E-state index in [0.29, 0.717) is 13.1 Å². The minimum atomic E-state index is -0.962. The molecule has 6 nitrogen and oxygen atoms in total. The molecule has 6 heteroatoms. The van der Waals surface area contributed by atoms with Gasteiger partial charge in [-0.1, -0.05) is 12.7 Å². The third kappa shape index (κ3) is 3.25. The topological polar surface area (TPSA) is 78.9 Å². The predicted molar refractivity (Wildman–Crippen MR) is 52.5 cm³/mol. The van der Waals surface area contributed by atoms with Crippen LogP contribution < -0.4 is 5.32 Å². The van der Waals surface area contributed by atoms with Crippen LogP contribution >= 0.6 is 0 Å². The molecule has 0 saturated carbocycles. The summed E-state index contributed by atoms with van der Waals surface area (Å²) in [4.78, 5) is 23.4. The molecule has 1 amide bonds. The van der Waals surface area contributed by atoms with E-state index in [9.17, 15) is 9.59 Å². The van der Waals surface area contributed by atoms with Crippen molar-refractivity contribution in [3.8, 4) is 0 Å². The summed E-state index contributed by atoms with van der Waals surface area (Å²) in [5.74, 6) is -0.962. The minimum absolute atomic E-state index is 0.130. The van der Waals surface area contributed by atoms with Crippen molar-refractivity contribution in [2.24, 2.45) is 0 Å². The second-order valence-electron chi connectivity index (χ2n) is 3.16. The Bertz CT molecular complexity index is 267. The molecule has 1 aliphatic rings. The van der Waals surface area contributed by atoms with Crippen molar-refractivity contribution in [2.75, 3.05) is 26.2 Å². The second kappa shape index (κ2) is 5.35. The number of nitrogens with one attached hydrogen (secondary N) is 1. The van der Waals surface area contributed by atoms with Crippen molar-refractivity contribution >= 4 is 12.1 Å². The van der Waals surface area contributed by atoms with Crippen LogP contribution in [0.25, 0.3) is 0 Å². The maximum absolute atomic E-state index is 11.4. The van der Waals surface area contributed by atoms with Crippen LogP contribution in [-0.2, 0) is 9.53 Å². The van der Waals surface area contributed by atoms with Gasteiger partial charge in [0.25, 0.3) is 0 Å². The van der Waals surface area contributed by atoms with Crippen molar-refractivity contribution in [1.82, 2.24) is 10.2 Å². The highest BCUT2D eigenvalue weighted by atomic mass is 16.6. The fourth-order valence-electron chi connectivity index (χ4n) is 1.30. The maximum Gasteiger partial charge on any atom is 0.410 e. The van der Waals surface area contributed by atoms with Crippen LogP contribution in [0.1, 0.15) is 0 Å². The molecule has 1 aliphatic heterocycles. The Labute approximate surface area is 87.5 Å². The SMILES string of the molecule is C=CCOC(=O)N1CCNC(C(=O)O)C1. The van der Waals surface area contributed by atoms with Crippen LogP contribution in [-0.4, -0.2) is 54.4 Å². The first-order chi connectivity index (χ1) is 7.15. The smallest absolute Gasteiger partial charge is 0.410 e.